The van der Waals surface area contributed by atoms with Crippen molar-refractivity contribution in [1.29, 1.82) is 0 Å². The number of aromatic nitrogens is 2. The predicted molar refractivity (Wildman–Crippen MR) is 126 cm³/mol. The maximum Gasteiger partial charge on any atom is 0.483 e. The van der Waals surface area contributed by atoms with Gasteiger partial charge < -0.3 is 45.2 Å². The highest BCUT2D eigenvalue weighted by Gasteiger charge is 2.50. The van der Waals surface area contributed by atoms with Gasteiger partial charge in [-0.2, -0.15) is 4.31 Å². The number of aliphatic hydroxyl groups excluding tert-OH is 3. The molecule has 2 aliphatic heterocycles. The Bertz CT molecular complexity index is 1290. The van der Waals surface area contributed by atoms with Crippen LogP contribution in [-0.2, 0) is 41.6 Å². The molecule has 0 radical (unpaired) electrons. The summed E-state index contributed by atoms with van der Waals surface area (Å²) in [7, 11) is -11.0. The van der Waals surface area contributed by atoms with Crippen LogP contribution in [0.4, 0.5) is 0 Å². The molecule has 2 saturated heterocycles. The number of nitrogens with one attached hydrogen (secondary N) is 3. The number of ether oxygens (including phenoxy) is 2. The van der Waals surface area contributed by atoms with Crippen molar-refractivity contribution >= 4 is 28.0 Å². The SMILES string of the molecule is CC(=O)N[C@H]1[C@@H](OP(=O)(O)OP(=O)(O)OC[C@H]2O[C@@H](n3ccc(=O)[nH]c3=O)[C@H](O)[C@@H]2O)O[C@@H](C)[C@H](NC=O)[C@@H]1O. The van der Waals surface area contributed by atoms with Crippen molar-refractivity contribution in [2.24, 2.45) is 0 Å². The fourth-order valence-corrected chi connectivity index (χ4v) is 6.19. The molecule has 20 nitrogen and oxygen atoms in total. The lowest BCUT2D eigenvalue weighted by Gasteiger charge is -2.43. The summed E-state index contributed by atoms with van der Waals surface area (Å²) < 4.78 is 49.9. The first-order valence-corrected chi connectivity index (χ1v) is 14.4. The van der Waals surface area contributed by atoms with E-state index in [1.807, 2.05) is 4.98 Å². The average Bonchev–Trinajstić information content (AvgIpc) is 3.10. The molecule has 0 aromatic carbocycles. The lowest BCUT2D eigenvalue weighted by Crippen LogP contribution is -2.66. The fraction of sp³-hybridized carbons (Fsp3) is 0.667. The minimum atomic E-state index is -5.56. The summed E-state index contributed by atoms with van der Waals surface area (Å²) in [5.41, 5.74) is -1.73. The minimum absolute atomic E-state index is 0.254. The van der Waals surface area contributed by atoms with Crippen LogP contribution in [0.25, 0.3) is 0 Å². The lowest BCUT2D eigenvalue weighted by atomic mass is 9.95. The van der Waals surface area contributed by atoms with Gasteiger partial charge >= 0.3 is 21.3 Å². The van der Waals surface area contributed by atoms with Gasteiger partial charge in [-0.15, -0.1) is 0 Å². The van der Waals surface area contributed by atoms with Gasteiger partial charge in [0.2, 0.25) is 12.3 Å². The van der Waals surface area contributed by atoms with Gasteiger partial charge in [0.05, 0.1) is 18.8 Å². The molecular weight excluding hydrogens is 590 g/mol. The van der Waals surface area contributed by atoms with E-state index in [0.717, 1.165) is 23.8 Å². The number of carbonyl (C=O) groups excluding carboxylic acids is 2. The van der Waals surface area contributed by atoms with E-state index in [-0.39, 0.29) is 6.41 Å². The molecule has 11 atom stereocenters. The normalized spacial score (nSPS) is 35.3. The van der Waals surface area contributed by atoms with Crippen LogP contribution in [0, 0.1) is 0 Å². The topological polar surface area (TPSA) is 294 Å². The quantitative estimate of drug-likeness (QED) is 0.0869. The van der Waals surface area contributed by atoms with Gasteiger partial charge in [-0.25, -0.2) is 13.9 Å². The number of hydrogen-bond acceptors (Lipinski definition) is 14. The van der Waals surface area contributed by atoms with Gasteiger partial charge in [-0.1, -0.05) is 0 Å². The van der Waals surface area contributed by atoms with Gasteiger partial charge in [0, 0.05) is 19.2 Å². The number of amides is 2. The van der Waals surface area contributed by atoms with Gasteiger partial charge in [-0.05, 0) is 6.92 Å². The summed E-state index contributed by atoms with van der Waals surface area (Å²) in [6, 6.07) is -1.69. The molecule has 8 N–H and O–H groups in total. The van der Waals surface area contributed by atoms with E-state index in [4.69, 9.17) is 14.0 Å². The summed E-state index contributed by atoms with van der Waals surface area (Å²) in [6.45, 7) is 1.39. The molecule has 22 heteroatoms. The fourth-order valence-electron chi connectivity index (χ4n) is 4.03. The summed E-state index contributed by atoms with van der Waals surface area (Å²) in [5.74, 6) is -0.731. The van der Waals surface area contributed by atoms with E-state index in [1.165, 1.54) is 6.92 Å². The van der Waals surface area contributed by atoms with Crippen molar-refractivity contribution in [3.05, 3.63) is 33.1 Å². The van der Waals surface area contributed by atoms with Gasteiger partial charge in [0.25, 0.3) is 5.56 Å². The number of aromatic amines is 1. The average molecular weight is 618 g/mol. The summed E-state index contributed by atoms with van der Waals surface area (Å²) in [5, 5.41) is 35.4. The van der Waals surface area contributed by atoms with E-state index in [1.54, 1.807) is 0 Å². The maximum atomic E-state index is 12.5. The molecule has 2 unspecified atom stereocenters. The molecule has 1 aromatic heterocycles. The second-order valence-corrected chi connectivity index (χ2v) is 11.7. The molecule has 0 spiro atoms. The Morgan fingerprint density at radius 1 is 1.12 bits per heavy atom. The molecule has 2 amide bonds. The van der Waals surface area contributed by atoms with Crippen LogP contribution in [0.1, 0.15) is 20.1 Å². The summed E-state index contributed by atoms with van der Waals surface area (Å²) in [4.78, 5) is 67.6. The molecular formula is C18H28N4O16P2. The Kier molecular flexibility index (Phi) is 10.2. The number of H-pyrrole nitrogens is 1. The lowest BCUT2D eigenvalue weighted by molar-refractivity contribution is -0.207. The van der Waals surface area contributed by atoms with Gasteiger partial charge in [-0.3, -0.25) is 33.0 Å². The van der Waals surface area contributed by atoms with Crippen molar-refractivity contribution in [1.82, 2.24) is 20.2 Å². The smallest absolute Gasteiger partial charge is 0.389 e. The zero-order valence-corrected chi connectivity index (χ0v) is 22.5. The van der Waals surface area contributed by atoms with Crippen molar-refractivity contribution in [2.45, 2.75) is 69.0 Å². The minimum Gasteiger partial charge on any atom is -0.389 e. The molecule has 0 bridgehead atoms. The summed E-state index contributed by atoms with van der Waals surface area (Å²) >= 11 is 0. The Morgan fingerprint density at radius 2 is 1.80 bits per heavy atom. The Balaban J connectivity index is 1.66. The molecule has 3 heterocycles. The van der Waals surface area contributed by atoms with Crippen LogP contribution in [-0.4, -0.2) is 102 Å². The third-order valence-electron chi connectivity index (χ3n) is 5.82. The van der Waals surface area contributed by atoms with Crippen molar-refractivity contribution in [3.8, 4) is 0 Å². The second kappa shape index (κ2) is 12.7. The number of hydrogen-bond donors (Lipinski definition) is 8. The highest BCUT2D eigenvalue weighted by atomic mass is 31.3. The molecule has 2 fully saturated rings. The van der Waals surface area contributed by atoms with Crippen LogP contribution in [0.3, 0.4) is 0 Å². The number of rotatable bonds is 11. The zero-order chi connectivity index (χ0) is 30.0. The molecule has 226 valence electrons. The monoisotopic (exact) mass is 618 g/mol. The van der Waals surface area contributed by atoms with Crippen molar-refractivity contribution in [3.63, 3.8) is 0 Å². The Hall–Kier alpha value is -2.32. The van der Waals surface area contributed by atoms with Crippen LogP contribution in [0.5, 0.6) is 0 Å². The van der Waals surface area contributed by atoms with Crippen LogP contribution in [0.15, 0.2) is 21.9 Å². The number of aliphatic hydroxyl groups is 3. The van der Waals surface area contributed by atoms with Crippen molar-refractivity contribution in [2.75, 3.05) is 6.61 Å². The Labute approximate surface area is 224 Å². The third-order valence-corrected chi connectivity index (χ3v) is 8.42. The first-order chi connectivity index (χ1) is 18.5. The van der Waals surface area contributed by atoms with Crippen molar-refractivity contribution < 1.29 is 66.7 Å². The standard InChI is InChI=1S/C18H28N4O16P2/c1-7-11(19-6-23)14(27)12(20-8(2)24)17(35-7)37-40(32,33)38-39(30,31)34-5-9-13(26)15(28)16(36-9)22-4-3-10(25)21-18(22)29/h3-4,6-7,9,11-17,26-28H,5H2,1-2H3,(H,19,23)(H,20,24)(H,30,31)(H,32,33)(H,21,25,29)/t7-,9+,11-,12+,13+,14-,15+,16+,17+/m0/s1. The van der Waals surface area contributed by atoms with E-state index in [2.05, 4.69) is 19.5 Å². The molecule has 1 aromatic rings. The summed E-state index contributed by atoms with van der Waals surface area (Å²) in [6.07, 6.45) is -9.98. The van der Waals surface area contributed by atoms with E-state index in [9.17, 15) is 53.4 Å². The van der Waals surface area contributed by atoms with Gasteiger partial charge in [0.15, 0.2) is 12.5 Å². The van der Waals surface area contributed by atoms with E-state index >= 15 is 0 Å². The number of carbonyl (C=O) groups is 2. The molecule has 0 saturated carbocycles. The number of phosphoric ester groups is 2. The van der Waals surface area contributed by atoms with Crippen LogP contribution >= 0.6 is 15.6 Å². The second-order valence-electron chi connectivity index (χ2n) is 8.72. The first kappa shape index (κ1) is 32.2. The molecule has 2 aliphatic rings. The molecule has 3 rings (SSSR count). The van der Waals surface area contributed by atoms with E-state index in [0.29, 0.717) is 0 Å². The molecule has 0 aliphatic carbocycles. The number of phosphoric acid groups is 2. The third kappa shape index (κ3) is 7.69. The highest BCUT2D eigenvalue weighted by molar-refractivity contribution is 7.61. The van der Waals surface area contributed by atoms with Gasteiger partial charge in [0.1, 0.15) is 30.5 Å². The molecule has 40 heavy (non-hydrogen) atoms. The Morgan fingerprint density at radius 3 is 2.40 bits per heavy atom. The largest absolute Gasteiger partial charge is 0.483 e. The number of nitrogens with zero attached hydrogens (tertiary/aromatic N) is 1. The van der Waals surface area contributed by atoms with Crippen LogP contribution in [0.2, 0.25) is 0 Å². The first-order valence-electron chi connectivity index (χ1n) is 11.4. The predicted octanol–water partition coefficient (Wildman–Crippen LogP) is -3.87. The van der Waals surface area contributed by atoms with Crippen LogP contribution < -0.4 is 21.9 Å². The zero-order valence-electron chi connectivity index (χ0n) is 20.7. The highest BCUT2D eigenvalue weighted by Crippen LogP contribution is 2.61. The maximum absolute atomic E-state index is 12.5. The van der Waals surface area contributed by atoms with E-state index < -0.39 is 94.5 Å².